The molecule has 0 unspecified atom stereocenters. The molecule has 4 aromatic rings. The van der Waals surface area contributed by atoms with E-state index in [9.17, 15) is 17.6 Å². The van der Waals surface area contributed by atoms with E-state index in [0.717, 1.165) is 47.9 Å². The molecule has 2 aromatic carbocycles. The Balaban J connectivity index is 1.24. The number of halogens is 1. The molecular formula is C31H33FN6O4S. The number of carbonyl (C=O) groups excluding carboxylic acids is 1. The topological polar surface area (TPSA) is 119 Å². The highest BCUT2D eigenvalue weighted by Crippen LogP contribution is 2.43. The molecule has 1 saturated heterocycles. The number of hydrogen-bond donors (Lipinski definition) is 1. The number of amides is 1. The maximum Gasteiger partial charge on any atom is 0.267 e. The van der Waals surface area contributed by atoms with E-state index >= 15 is 0 Å². The fourth-order valence-corrected chi connectivity index (χ4v) is 7.05. The first-order valence-electron chi connectivity index (χ1n) is 14.2. The van der Waals surface area contributed by atoms with Gasteiger partial charge in [0.2, 0.25) is 17.7 Å². The monoisotopic (exact) mass is 604 g/mol. The summed E-state index contributed by atoms with van der Waals surface area (Å²) >= 11 is 0. The standard InChI is InChI=1S/C31H33FN6O4S/c1-20-7-6-8-21(2)28(20)26-15-27(35-30(34-26)36-43(40,41)25-16-33-37(3)19-25)42-24-17-38(18-24)29(39)31(13-4-5-14-31)22-9-11-23(32)12-10-22/h6-12,15-16,19,24H,4-5,13-14,17-18H2,1-3H3,(H,34,35,36). The number of rotatable bonds is 8. The van der Waals surface area contributed by atoms with Crippen LogP contribution in [0.2, 0.25) is 0 Å². The Kier molecular flexibility index (Phi) is 7.41. The van der Waals surface area contributed by atoms with Crippen molar-refractivity contribution in [3.8, 4) is 17.1 Å². The minimum atomic E-state index is -4.00. The van der Waals surface area contributed by atoms with Crippen molar-refractivity contribution in [3.05, 3.63) is 83.4 Å². The summed E-state index contributed by atoms with van der Waals surface area (Å²) in [6.07, 6.45) is 5.64. The van der Waals surface area contributed by atoms with E-state index in [1.807, 2.05) is 32.0 Å². The Hall–Kier alpha value is -4.32. The lowest BCUT2D eigenvalue weighted by molar-refractivity contribution is -0.146. The van der Waals surface area contributed by atoms with Crippen LogP contribution in [0.25, 0.3) is 11.3 Å². The molecule has 0 bridgehead atoms. The minimum Gasteiger partial charge on any atom is -0.470 e. The van der Waals surface area contributed by atoms with Crippen molar-refractivity contribution >= 4 is 21.9 Å². The predicted octanol–water partition coefficient (Wildman–Crippen LogP) is 4.54. The number of likely N-dealkylation sites (tertiary alicyclic amines) is 1. The SMILES string of the molecule is Cc1cccc(C)c1-c1cc(OC2CN(C(=O)C3(c4ccc(F)cc4)CCCC3)C2)nc(NS(=O)(=O)c2cnn(C)c2)n1. The highest BCUT2D eigenvalue weighted by molar-refractivity contribution is 7.92. The van der Waals surface area contributed by atoms with E-state index < -0.39 is 15.4 Å². The second-order valence-corrected chi connectivity index (χ2v) is 13.1. The third-order valence-corrected chi connectivity index (χ3v) is 9.63. The molecule has 43 heavy (non-hydrogen) atoms. The second-order valence-electron chi connectivity index (χ2n) is 11.4. The number of hydrogen-bond acceptors (Lipinski definition) is 7. The molecule has 0 spiro atoms. The predicted molar refractivity (Wildman–Crippen MR) is 159 cm³/mol. The van der Waals surface area contributed by atoms with Crippen LogP contribution in [0.15, 0.2) is 65.8 Å². The lowest BCUT2D eigenvalue weighted by atomic mass is 9.77. The van der Waals surface area contributed by atoms with Gasteiger partial charge >= 0.3 is 0 Å². The number of sulfonamides is 1. The Bertz CT molecular complexity index is 1760. The first-order chi connectivity index (χ1) is 20.5. The van der Waals surface area contributed by atoms with Crippen molar-refractivity contribution in [1.29, 1.82) is 0 Å². The van der Waals surface area contributed by atoms with E-state index in [2.05, 4.69) is 19.8 Å². The van der Waals surface area contributed by atoms with Crippen LogP contribution >= 0.6 is 0 Å². The van der Waals surface area contributed by atoms with Gasteiger partial charge in [0.25, 0.3) is 10.0 Å². The number of nitrogens with zero attached hydrogens (tertiary/aromatic N) is 5. The molecule has 6 rings (SSSR count). The van der Waals surface area contributed by atoms with Gasteiger partial charge in [-0.2, -0.15) is 10.1 Å². The number of aryl methyl sites for hydroxylation is 3. The summed E-state index contributed by atoms with van der Waals surface area (Å²) in [7, 11) is -2.38. The minimum absolute atomic E-state index is 0.0197. The van der Waals surface area contributed by atoms with Gasteiger partial charge in [0.05, 0.1) is 30.4 Å². The average molecular weight is 605 g/mol. The molecule has 12 heteroatoms. The molecule has 1 saturated carbocycles. The molecular weight excluding hydrogens is 571 g/mol. The fourth-order valence-electron chi connectivity index (χ4n) is 6.12. The zero-order valence-corrected chi connectivity index (χ0v) is 25.1. The van der Waals surface area contributed by atoms with Gasteiger partial charge in [0.15, 0.2) is 0 Å². The van der Waals surface area contributed by atoms with Crippen LogP contribution in [0.4, 0.5) is 10.3 Å². The van der Waals surface area contributed by atoms with Crippen LogP contribution in [0.1, 0.15) is 42.4 Å². The lowest BCUT2D eigenvalue weighted by Gasteiger charge is -2.43. The molecule has 1 aliphatic heterocycles. The van der Waals surface area contributed by atoms with Crippen LogP contribution < -0.4 is 9.46 Å². The first kappa shape index (κ1) is 28.8. The highest BCUT2D eigenvalue weighted by atomic mass is 32.2. The molecule has 2 aliphatic rings. The maximum atomic E-state index is 13.8. The van der Waals surface area contributed by atoms with Gasteiger partial charge in [-0.25, -0.2) is 22.5 Å². The quantitative estimate of drug-likeness (QED) is 0.314. The Labute approximate surface area is 250 Å². The van der Waals surface area contributed by atoms with Crippen molar-refractivity contribution in [2.75, 3.05) is 17.8 Å². The fraction of sp³-hybridized carbons (Fsp3) is 0.355. The van der Waals surface area contributed by atoms with Gasteiger partial charge in [-0.3, -0.25) is 9.48 Å². The van der Waals surface area contributed by atoms with Crippen LogP contribution in [0, 0.1) is 19.7 Å². The van der Waals surface area contributed by atoms with E-state index in [0.29, 0.717) is 18.8 Å². The molecule has 10 nitrogen and oxygen atoms in total. The van der Waals surface area contributed by atoms with Crippen LogP contribution in [-0.2, 0) is 27.3 Å². The van der Waals surface area contributed by atoms with Gasteiger partial charge in [0, 0.05) is 24.9 Å². The third kappa shape index (κ3) is 5.58. The Morgan fingerprint density at radius 3 is 2.35 bits per heavy atom. The molecule has 2 fully saturated rings. The van der Waals surface area contributed by atoms with Crippen molar-refractivity contribution in [3.63, 3.8) is 0 Å². The van der Waals surface area contributed by atoms with Gasteiger partial charge in [-0.05, 0) is 55.5 Å². The largest absolute Gasteiger partial charge is 0.470 e. The number of aromatic nitrogens is 4. The van der Waals surface area contributed by atoms with Crippen LogP contribution in [0.3, 0.4) is 0 Å². The number of benzene rings is 2. The Morgan fingerprint density at radius 2 is 1.72 bits per heavy atom. The average Bonchev–Trinajstić information content (AvgIpc) is 3.61. The van der Waals surface area contributed by atoms with Crippen molar-refractivity contribution < 1.29 is 22.3 Å². The van der Waals surface area contributed by atoms with E-state index in [4.69, 9.17) is 4.74 Å². The van der Waals surface area contributed by atoms with Crippen molar-refractivity contribution in [1.82, 2.24) is 24.6 Å². The van der Waals surface area contributed by atoms with E-state index in [-0.39, 0.29) is 34.6 Å². The number of anilines is 1. The second kappa shape index (κ2) is 11.1. The summed E-state index contributed by atoms with van der Waals surface area (Å²) in [6.45, 7) is 4.64. The maximum absolute atomic E-state index is 13.8. The first-order valence-corrected chi connectivity index (χ1v) is 15.7. The number of ether oxygens (including phenoxy) is 1. The summed E-state index contributed by atoms with van der Waals surface area (Å²) in [5.41, 5.74) is 3.49. The third-order valence-electron chi connectivity index (χ3n) is 8.34. The summed E-state index contributed by atoms with van der Waals surface area (Å²) in [5.74, 6) is -0.232. The molecule has 1 amide bonds. The lowest BCUT2D eigenvalue weighted by Crippen LogP contribution is -2.60. The molecule has 1 aliphatic carbocycles. The van der Waals surface area contributed by atoms with Crippen molar-refractivity contribution in [2.45, 2.75) is 55.9 Å². The van der Waals surface area contributed by atoms with Gasteiger partial charge in [0.1, 0.15) is 16.8 Å². The normalized spacial score (nSPS) is 16.6. The van der Waals surface area contributed by atoms with Crippen LogP contribution in [0.5, 0.6) is 5.88 Å². The van der Waals surface area contributed by atoms with Crippen molar-refractivity contribution in [2.24, 2.45) is 7.05 Å². The van der Waals surface area contributed by atoms with Gasteiger partial charge in [-0.15, -0.1) is 0 Å². The zero-order valence-electron chi connectivity index (χ0n) is 24.2. The van der Waals surface area contributed by atoms with E-state index in [1.54, 1.807) is 30.1 Å². The summed E-state index contributed by atoms with van der Waals surface area (Å²) in [6, 6.07) is 13.8. The summed E-state index contributed by atoms with van der Waals surface area (Å²) < 4.78 is 49.8. The molecule has 224 valence electrons. The molecule has 3 heterocycles. The molecule has 1 N–H and O–H groups in total. The number of carbonyl (C=O) groups is 1. The summed E-state index contributed by atoms with van der Waals surface area (Å²) in [4.78, 5) is 24.4. The molecule has 0 radical (unpaired) electrons. The highest BCUT2D eigenvalue weighted by Gasteiger charge is 2.48. The van der Waals surface area contributed by atoms with Gasteiger partial charge in [-0.1, -0.05) is 43.2 Å². The van der Waals surface area contributed by atoms with Crippen LogP contribution in [-0.4, -0.2) is 58.2 Å². The molecule has 0 atom stereocenters. The number of nitrogens with one attached hydrogen (secondary N) is 1. The zero-order chi connectivity index (χ0) is 30.4. The molecule has 2 aromatic heterocycles. The Morgan fingerprint density at radius 1 is 1.05 bits per heavy atom. The smallest absolute Gasteiger partial charge is 0.267 e. The van der Waals surface area contributed by atoms with E-state index in [1.165, 1.54) is 29.2 Å². The summed E-state index contributed by atoms with van der Waals surface area (Å²) in [5, 5.41) is 3.95. The van der Waals surface area contributed by atoms with Gasteiger partial charge < -0.3 is 9.64 Å².